The maximum atomic E-state index is 5.65. The van der Waals surface area contributed by atoms with E-state index in [9.17, 15) is 0 Å². The molecule has 1 atom stereocenters. The lowest BCUT2D eigenvalue weighted by Crippen LogP contribution is -2.49. The second-order valence-corrected chi connectivity index (χ2v) is 5.21. The molecule has 1 unspecified atom stereocenters. The summed E-state index contributed by atoms with van der Waals surface area (Å²) in [6.45, 7) is 7.59. The average molecular weight is 287 g/mol. The summed E-state index contributed by atoms with van der Waals surface area (Å²) in [5.41, 5.74) is 0.946. The zero-order chi connectivity index (χ0) is 14.7. The van der Waals surface area contributed by atoms with Crippen molar-refractivity contribution in [1.82, 2.24) is 20.5 Å². The fourth-order valence-corrected chi connectivity index (χ4v) is 2.57. The number of piperazine rings is 1. The van der Waals surface area contributed by atoms with E-state index in [-0.39, 0.29) is 0 Å². The van der Waals surface area contributed by atoms with Crippen molar-refractivity contribution in [3.63, 3.8) is 0 Å². The highest BCUT2D eigenvalue weighted by molar-refractivity contribution is 5.64. The van der Waals surface area contributed by atoms with E-state index < -0.39 is 0 Å². The molecule has 0 bridgehead atoms. The van der Waals surface area contributed by atoms with Crippen LogP contribution in [0.5, 0.6) is 5.75 Å². The molecule has 2 aromatic rings. The molecular formula is C15H21N5O. The minimum Gasteiger partial charge on any atom is -0.493 e. The predicted octanol–water partition coefficient (Wildman–Crippen LogP) is 1.67. The molecule has 6 heteroatoms. The van der Waals surface area contributed by atoms with Crippen molar-refractivity contribution in [3.8, 4) is 17.1 Å². The van der Waals surface area contributed by atoms with Gasteiger partial charge in [0.25, 0.3) is 0 Å². The van der Waals surface area contributed by atoms with E-state index in [0.29, 0.717) is 12.6 Å². The topological polar surface area (TPSA) is 66.1 Å². The molecule has 2 N–H and O–H groups in total. The van der Waals surface area contributed by atoms with E-state index in [1.807, 2.05) is 31.2 Å². The molecule has 0 radical (unpaired) electrons. The van der Waals surface area contributed by atoms with Crippen molar-refractivity contribution in [2.75, 3.05) is 31.1 Å². The van der Waals surface area contributed by atoms with Crippen molar-refractivity contribution in [1.29, 1.82) is 0 Å². The Morgan fingerprint density at radius 1 is 1.38 bits per heavy atom. The summed E-state index contributed by atoms with van der Waals surface area (Å²) < 4.78 is 5.65. The Morgan fingerprint density at radius 2 is 2.24 bits per heavy atom. The van der Waals surface area contributed by atoms with Crippen LogP contribution in [-0.4, -0.2) is 47.5 Å². The van der Waals surface area contributed by atoms with Gasteiger partial charge in [-0.05, 0) is 26.0 Å². The number of benzene rings is 1. The zero-order valence-electron chi connectivity index (χ0n) is 12.5. The van der Waals surface area contributed by atoms with E-state index in [1.54, 1.807) is 0 Å². The third kappa shape index (κ3) is 3.00. The molecule has 0 saturated carbocycles. The minimum atomic E-state index is 0.455. The van der Waals surface area contributed by atoms with E-state index in [1.165, 1.54) is 0 Å². The standard InChI is InChI=1S/C15H21N5O/c1-3-21-13-7-5-4-6-12(13)14-17-15(19-18-14)20-9-8-16-11(2)10-20/h4-7,11,16H,3,8-10H2,1-2H3,(H,17,18,19). The Hall–Kier alpha value is -2.08. The fraction of sp³-hybridized carbons (Fsp3) is 0.467. The quantitative estimate of drug-likeness (QED) is 0.895. The lowest BCUT2D eigenvalue weighted by molar-refractivity contribution is 0.341. The lowest BCUT2D eigenvalue weighted by atomic mass is 10.2. The van der Waals surface area contributed by atoms with Gasteiger partial charge in [-0.1, -0.05) is 12.1 Å². The molecule has 112 valence electrons. The van der Waals surface area contributed by atoms with E-state index in [2.05, 4.69) is 32.3 Å². The highest BCUT2D eigenvalue weighted by atomic mass is 16.5. The minimum absolute atomic E-state index is 0.455. The Balaban J connectivity index is 1.84. The number of rotatable bonds is 4. The van der Waals surface area contributed by atoms with E-state index in [0.717, 1.165) is 42.7 Å². The molecule has 1 saturated heterocycles. The first-order valence-electron chi connectivity index (χ1n) is 7.41. The van der Waals surface area contributed by atoms with Gasteiger partial charge in [-0.3, -0.25) is 5.10 Å². The second-order valence-electron chi connectivity index (χ2n) is 5.21. The van der Waals surface area contributed by atoms with Gasteiger partial charge in [-0.15, -0.1) is 5.10 Å². The first kappa shape index (κ1) is 13.9. The van der Waals surface area contributed by atoms with Crippen molar-refractivity contribution < 1.29 is 4.74 Å². The smallest absolute Gasteiger partial charge is 0.245 e. The SMILES string of the molecule is CCOc1ccccc1-c1nc(N2CCNC(C)C2)n[nH]1. The summed E-state index contributed by atoms with van der Waals surface area (Å²) >= 11 is 0. The van der Waals surface area contributed by atoms with Crippen LogP contribution in [0.2, 0.25) is 0 Å². The summed E-state index contributed by atoms with van der Waals surface area (Å²) in [4.78, 5) is 6.83. The summed E-state index contributed by atoms with van der Waals surface area (Å²) in [6.07, 6.45) is 0. The maximum Gasteiger partial charge on any atom is 0.245 e. The molecule has 6 nitrogen and oxygen atoms in total. The van der Waals surface area contributed by atoms with Gasteiger partial charge in [-0.25, -0.2) is 0 Å². The van der Waals surface area contributed by atoms with Crippen molar-refractivity contribution in [2.45, 2.75) is 19.9 Å². The van der Waals surface area contributed by atoms with Crippen LogP contribution in [0.3, 0.4) is 0 Å². The number of aromatic nitrogens is 3. The molecular weight excluding hydrogens is 266 g/mol. The first-order valence-corrected chi connectivity index (χ1v) is 7.41. The van der Waals surface area contributed by atoms with Crippen LogP contribution in [0.4, 0.5) is 5.95 Å². The zero-order valence-corrected chi connectivity index (χ0v) is 12.5. The van der Waals surface area contributed by atoms with Gasteiger partial charge in [0.1, 0.15) is 5.75 Å². The van der Waals surface area contributed by atoms with Gasteiger partial charge in [0.2, 0.25) is 5.95 Å². The first-order chi connectivity index (χ1) is 10.3. The van der Waals surface area contributed by atoms with Crippen LogP contribution in [0.15, 0.2) is 24.3 Å². The monoisotopic (exact) mass is 287 g/mol. The van der Waals surface area contributed by atoms with E-state index >= 15 is 0 Å². The van der Waals surface area contributed by atoms with Crippen LogP contribution >= 0.6 is 0 Å². The van der Waals surface area contributed by atoms with Crippen molar-refractivity contribution in [3.05, 3.63) is 24.3 Å². The van der Waals surface area contributed by atoms with Gasteiger partial charge < -0.3 is 15.0 Å². The number of ether oxygens (including phenoxy) is 1. The normalized spacial score (nSPS) is 18.8. The van der Waals surface area contributed by atoms with Crippen LogP contribution in [0, 0.1) is 0 Å². The van der Waals surface area contributed by atoms with Gasteiger partial charge in [0.15, 0.2) is 5.82 Å². The van der Waals surface area contributed by atoms with Gasteiger partial charge in [-0.2, -0.15) is 4.98 Å². The molecule has 21 heavy (non-hydrogen) atoms. The van der Waals surface area contributed by atoms with Crippen LogP contribution < -0.4 is 15.0 Å². The summed E-state index contributed by atoms with van der Waals surface area (Å²) in [5.74, 6) is 2.33. The molecule has 0 aliphatic carbocycles. The molecule has 2 heterocycles. The third-order valence-corrected chi connectivity index (χ3v) is 3.57. The van der Waals surface area contributed by atoms with E-state index in [4.69, 9.17) is 4.74 Å². The molecule has 0 spiro atoms. The summed E-state index contributed by atoms with van der Waals surface area (Å²) in [5, 5.41) is 10.8. The highest BCUT2D eigenvalue weighted by Gasteiger charge is 2.20. The molecule has 1 fully saturated rings. The number of nitrogens with zero attached hydrogens (tertiary/aromatic N) is 3. The van der Waals surface area contributed by atoms with Gasteiger partial charge in [0, 0.05) is 25.7 Å². The summed E-state index contributed by atoms with van der Waals surface area (Å²) in [7, 11) is 0. The third-order valence-electron chi connectivity index (χ3n) is 3.57. The number of hydrogen-bond acceptors (Lipinski definition) is 5. The Morgan fingerprint density at radius 3 is 3.05 bits per heavy atom. The molecule has 1 aromatic heterocycles. The number of nitrogens with one attached hydrogen (secondary N) is 2. The van der Waals surface area contributed by atoms with Crippen LogP contribution in [0.1, 0.15) is 13.8 Å². The van der Waals surface area contributed by atoms with Crippen molar-refractivity contribution in [2.24, 2.45) is 0 Å². The van der Waals surface area contributed by atoms with Gasteiger partial charge in [0.05, 0.1) is 12.2 Å². The maximum absolute atomic E-state index is 5.65. The fourth-order valence-electron chi connectivity index (χ4n) is 2.57. The van der Waals surface area contributed by atoms with Gasteiger partial charge >= 0.3 is 0 Å². The van der Waals surface area contributed by atoms with Crippen LogP contribution in [0.25, 0.3) is 11.4 Å². The number of para-hydroxylation sites is 1. The van der Waals surface area contributed by atoms with Crippen molar-refractivity contribution >= 4 is 5.95 Å². The predicted molar refractivity (Wildman–Crippen MR) is 82.7 cm³/mol. The number of H-pyrrole nitrogens is 1. The number of anilines is 1. The Kier molecular flexibility index (Phi) is 4.06. The molecule has 1 aromatic carbocycles. The summed E-state index contributed by atoms with van der Waals surface area (Å²) in [6, 6.07) is 8.34. The lowest BCUT2D eigenvalue weighted by Gasteiger charge is -2.30. The molecule has 1 aliphatic heterocycles. The Bertz CT molecular complexity index is 597. The number of hydrogen-bond donors (Lipinski definition) is 2. The molecule has 3 rings (SSSR count). The molecule has 1 aliphatic rings. The largest absolute Gasteiger partial charge is 0.493 e. The second kappa shape index (κ2) is 6.13. The van der Waals surface area contributed by atoms with Crippen LogP contribution in [-0.2, 0) is 0 Å². The average Bonchev–Trinajstić information content (AvgIpc) is 2.98. The highest BCUT2D eigenvalue weighted by Crippen LogP contribution is 2.28. The Labute approximate surface area is 124 Å². The number of aromatic amines is 1. The molecule has 0 amide bonds.